The number of Topliss-reactive ketones (excluding diaryl/α,β-unsaturated/α-hetero) is 1. The second-order valence-electron chi connectivity index (χ2n) is 5.71. The van der Waals surface area contributed by atoms with Gasteiger partial charge in [0.15, 0.2) is 18.0 Å². The summed E-state index contributed by atoms with van der Waals surface area (Å²) in [5.41, 5.74) is 0.331. The van der Waals surface area contributed by atoms with Crippen molar-refractivity contribution in [2.45, 2.75) is 44.6 Å². The Balaban J connectivity index is 2.27. The zero-order valence-corrected chi connectivity index (χ0v) is 13.8. The second-order valence-corrected chi connectivity index (χ2v) is 5.71. The van der Waals surface area contributed by atoms with Crippen molar-refractivity contribution in [3.05, 3.63) is 35.9 Å². The van der Waals surface area contributed by atoms with Crippen molar-refractivity contribution in [3.8, 4) is 0 Å². The van der Waals surface area contributed by atoms with E-state index in [1.807, 2.05) is 0 Å². The number of amides is 1. The molecule has 2 N–H and O–H groups in total. The average molecular weight is 349 g/mol. The molecule has 0 aromatic heterocycles. The highest BCUT2D eigenvalue weighted by molar-refractivity contribution is 5.95. The van der Waals surface area contributed by atoms with Crippen LogP contribution in [-0.2, 0) is 23.9 Å². The van der Waals surface area contributed by atoms with Crippen molar-refractivity contribution >= 4 is 23.6 Å². The molecule has 0 radical (unpaired) electrons. The minimum atomic E-state index is -1.38. The van der Waals surface area contributed by atoms with E-state index in [2.05, 4.69) is 5.32 Å². The Morgan fingerprint density at radius 3 is 2.24 bits per heavy atom. The summed E-state index contributed by atoms with van der Waals surface area (Å²) in [5, 5.41) is 12.8. The lowest BCUT2D eigenvalue weighted by molar-refractivity contribution is -0.180. The molecule has 1 saturated carbocycles. The van der Waals surface area contributed by atoms with Crippen LogP contribution in [0.1, 0.15) is 30.6 Å². The van der Waals surface area contributed by atoms with Gasteiger partial charge in [-0.15, -0.1) is 0 Å². The van der Waals surface area contributed by atoms with Crippen molar-refractivity contribution in [2.75, 3.05) is 0 Å². The van der Waals surface area contributed by atoms with Crippen LogP contribution in [0, 0.1) is 0 Å². The predicted molar refractivity (Wildman–Crippen MR) is 84.4 cm³/mol. The van der Waals surface area contributed by atoms with Crippen molar-refractivity contribution in [1.29, 1.82) is 0 Å². The van der Waals surface area contributed by atoms with E-state index in [-0.39, 0.29) is 6.42 Å². The summed E-state index contributed by atoms with van der Waals surface area (Å²) in [4.78, 5) is 47.1. The fraction of sp³-hybridized carbons (Fsp3) is 0.412. The molecule has 0 bridgehead atoms. The summed E-state index contributed by atoms with van der Waals surface area (Å²) in [6.07, 6.45) is -4.32. The third kappa shape index (κ3) is 4.63. The first-order valence-electron chi connectivity index (χ1n) is 7.70. The van der Waals surface area contributed by atoms with E-state index < -0.39 is 48.0 Å². The van der Waals surface area contributed by atoms with E-state index in [1.165, 1.54) is 0 Å². The van der Waals surface area contributed by atoms with Crippen molar-refractivity contribution in [1.82, 2.24) is 5.32 Å². The fourth-order valence-corrected chi connectivity index (χ4v) is 2.68. The zero-order chi connectivity index (χ0) is 18.6. The molecule has 1 aliphatic carbocycles. The maximum atomic E-state index is 12.3. The lowest BCUT2D eigenvalue weighted by Crippen LogP contribution is -2.63. The van der Waals surface area contributed by atoms with Gasteiger partial charge >= 0.3 is 11.9 Å². The molecule has 4 atom stereocenters. The molecule has 2 rings (SSSR count). The smallest absolute Gasteiger partial charge is 0.303 e. The number of rotatable bonds is 4. The average Bonchev–Trinajstić information content (AvgIpc) is 2.54. The van der Waals surface area contributed by atoms with Gasteiger partial charge in [-0.3, -0.25) is 19.2 Å². The molecule has 1 aromatic carbocycles. The quantitative estimate of drug-likeness (QED) is 0.733. The molecular weight excluding hydrogens is 330 g/mol. The van der Waals surface area contributed by atoms with Crippen LogP contribution in [-0.4, -0.2) is 53.1 Å². The Morgan fingerprint density at radius 2 is 1.68 bits per heavy atom. The number of ether oxygens (including phenoxy) is 2. The number of carbonyl (C=O) groups excluding carboxylic acids is 4. The summed E-state index contributed by atoms with van der Waals surface area (Å²) in [6, 6.07) is 7.12. The number of aliphatic hydroxyl groups excluding tert-OH is 1. The first-order valence-corrected chi connectivity index (χ1v) is 7.70. The van der Waals surface area contributed by atoms with Gasteiger partial charge in [-0.05, 0) is 12.1 Å². The second kappa shape index (κ2) is 7.89. The molecule has 0 unspecified atom stereocenters. The van der Waals surface area contributed by atoms with Crippen LogP contribution in [0.2, 0.25) is 0 Å². The molecule has 0 aliphatic heterocycles. The first-order chi connectivity index (χ1) is 11.8. The monoisotopic (exact) mass is 349 g/mol. The van der Waals surface area contributed by atoms with Crippen LogP contribution in [0.15, 0.2) is 30.3 Å². The van der Waals surface area contributed by atoms with E-state index in [9.17, 15) is 24.3 Å². The van der Waals surface area contributed by atoms with Crippen LogP contribution < -0.4 is 5.32 Å². The molecule has 1 aromatic rings. The standard InChI is InChI=1S/C17H19NO7/c1-9(19)24-15-13(22)8-12(21)14(16(15)25-10(2)20)18-17(23)11-6-4-3-5-7-11/h3-7,12,14-16,21H,8H2,1-2H3,(H,18,23)/t12-,14-,15+,16+/m0/s1. The SMILES string of the molecule is CC(=O)O[C@@H]1[C@@H](NC(=O)c2ccccc2)[C@@H](O)CC(=O)[C@H]1OC(C)=O. The summed E-state index contributed by atoms with van der Waals surface area (Å²) >= 11 is 0. The highest BCUT2D eigenvalue weighted by Crippen LogP contribution is 2.24. The Bertz CT molecular complexity index is 673. The van der Waals surface area contributed by atoms with Gasteiger partial charge in [-0.25, -0.2) is 0 Å². The molecule has 8 heteroatoms. The summed E-state index contributed by atoms with van der Waals surface area (Å²) in [5.74, 6) is -2.57. The van der Waals surface area contributed by atoms with E-state index in [1.54, 1.807) is 30.3 Å². The van der Waals surface area contributed by atoms with E-state index in [4.69, 9.17) is 9.47 Å². The lowest BCUT2D eigenvalue weighted by Gasteiger charge is -2.38. The molecule has 1 fully saturated rings. The van der Waals surface area contributed by atoms with Crippen molar-refractivity contribution in [3.63, 3.8) is 0 Å². The third-order valence-corrected chi connectivity index (χ3v) is 3.72. The topological polar surface area (TPSA) is 119 Å². The summed E-state index contributed by atoms with van der Waals surface area (Å²) in [7, 11) is 0. The van der Waals surface area contributed by atoms with Crippen LogP contribution in [0.4, 0.5) is 0 Å². The Kier molecular flexibility index (Phi) is 5.87. The van der Waals surface area contributed by atoms with Crippen LogP contribution in [0.3, 0.4) is 0 Å². The summed E-state index contributed by atoms with van der Waals surface area (Å²) in [6.45, 7) is 2.23. The van der Waals surface area contributed by atoms with E-state index in [0.717, 1.165) is 13.8 Å². The molecule has 25 heavy (non-hydrogen) atoms. The third-order valence-electron chi connectivity index (χ3n) is 3.72. The van der Waals surface area contributed by atoms with E-state index in [0.29, 0.717) is 5.56 Å². The minimum absolute atomic E-state index is 0.331. The molecule has 0 heterocycles. The maximum Gasteiger partial charge on any atom is 0.303 e. The highest BCUT2D eigenvalue weighted by atomic mass is 16.6. The van der Waals surface area contributed by atoms with Gasteiger partial charge in [0.2, 0.25) is 0 Å². The van der Waals surface area contributed by atoms with Gasteiger partial charge in [0, 0.05) is 25.8 Å². The predicted octanol–water partition coefficient (Wildman–Crippen LogP) is -0.0179. The molecule has 0 spiro atoms. The number of hydrogen-bond acceptors (Lipinski definition) is 7. The fourth-order valence-electron chi connectivity index (χ4n) is 2.68. The zero-order valence-electron chi connectivity index (χ0n) is 13.8. The van der Waals surface area contributed by atoms with Gasteiger partial charge in [0.25, 0.3) is 5.91 Å². The number of nitrogens with one attached hydrogen (secondary N) is 1. The Labute approximate surface area is 144 Å². The number of ketones is 1. The van der Waals surface area contributed by atoms with Gasteiger partial charge in [0.05, 0.1) is 12.1 Å². The van der Waals surface area contributed by atoms with Crippen LogP contribution in [0.25, 0.3) is 0 Å². The van der Waals surface area contributed by atoms with E-state index >= 15 is 0 Å². The molecular formula is C17H19NO7. The van der Waals surface area contributed by atoms with Gasteiger partial charge < -0.3 is 19.9 Å². The molecule has 1 amide bonds. The molecule has 8 nitrogen and oxygen atoms in total. The summed E-state index contributed by atoms with van der Waals surface area (Å²) < 4.78 is 10.0. The molecule has 0 saturated heterocycles. The minimum Gasteiger partial charge on any atom is -0.456 e. The van der Waals surface area contributed by atoms with Gasteiger partial charge in [-0.2, -0.15) is 0 Å². The number of hydrogen-bond donors (Lipinski definition) is 2. The lowest BCUT2D eigenvalue weighted by atomic mass is 9.86. The van der Waals surface area contributed by atoms with Crippen molar-refractivity contribution in [2.24, 2.45) is 0 Å². The molecule has 134 valence electrons. The number of benzene rings is 1. The maximum absolute atomic E-state index is 12.3. The Morgan fingerprint density at radius 1 is 1.08 bits per heavy atom. The largest absolute Gasteiger partial charge is 0.456 e. The number of carbonyl (C=O) groups is 4. The van der Waals surface area contributed by atoms with Gasteiger partial charge in [0.1, 0.15) is 0 Å². The Hall–Kier alpha value is -2.74. The first kappa shape index (κ1) is 18.6. The molecule has 1 aliphatic rings. The number of esters is 2. The van der Waals surface area contributed by atoms with Gasteiger partial charge in [-0.1, -0.05) is 18.2 Å². The van der Waals surface area contributed by atoms with Crippen molar-refractivity contribution < 1.29 is 33.8 Å². The van der Waals surface area contributed by atoms with Crippen LogP contribution in [0.5, 0.6) is 0 Å². The van der Waals surface area contributed by atoms with Crippen LogP contribution >= 0.6 is 0 Å². The number of aliphatic hydroxyl groups is 1. The highest BCUT2D eigenvalue weighted by Gasteiger charge is 2.48. The normalized spacial score (nSPS) is 25.8.